The predicted molar refractivity (Wildman–Crippen MR) is 175 cm³/mol. The van der Waals surface area contributed by atoms with Gasteiger partial charge in [-0.15, -0.1) is 0 Å². The summed E-state index contributed by atoms with van der Waals surface area (Å²) in [6.45, 7) is 6.17. The molecule has 2 aliphatic rings. The van der Waals surface area contributed by atoms with Gasteiger partial charge in [-0.2, -0.15) is 0 Å². The molecular weight excluding hydrogens is 528 g/mol. The maximum Gasteiger partial charge on any atom is 0.163 e. The number of hydrogen-bond donors (Lipinski definition) is 0. The van der Waals surface area contributed by atoms with Gasteiger partial charge >= 0.3 is 0 Å². The second-order valence-corrected chi connectivity index (χ2v) is 12.4. The van der Waals surface area contributed by atoms with Gasteiger partial charge in [-0.1, -0.05) is 103 Å². The molecular formula is C39H44N2O2. The Morgan fingerprint density at radius 1 is 0.674 bits per heavy atom. The SMILES string of the molecule is O=C(CC1CCN(Cc2ccccc2)CC1)c1cccc(OC2CCN(CC(c3ccccc3)c3ccccc3)CC2)c1. The minimum atomic E-state index is 0.183. The van der Waals surface area contributed by atoms with Gasteiger partial charge in [-0.05, 0) is 73.5 Å². The minimum Gasteiger partial charge on any atom is -0.490 e. The Morgan fingerprint density at radius 2 is 1.26 bits per heavy atom. The Labute approximate surface area is 257 Å². The van der Waals surface area contributed by atoms with E-state index in [1.54, 1.807) is 0 Å². The lowest BCUT2D eigenvalue weighted by Crippen LogP contribution is -2.40. The van der Waals surface area contributed by atoms with Gasteiger partial charge < -0.3 is 9.64 Å². The minimum absolute atomic E-state index is 0.183. The lowest BCUT2D eigenvalue weighted by Gasteiger charge is -2.34. The molecule has 2 saturated heterocycles. The van der Waals surface area contributed by atoms with Crippen molar-refractivity contribution in [1.29, 1.82) is 0 Å². The molecule has 0 amide bonds. The highest BCUT2D eigenvalue weighted by atomic mass is 16.5. The van der Waals surface area contributed by atoms with Crippen molar-refractivity contribution in [3.05, 3.63) is 138 Å². The zero-order valence-electron chi connectivity index (χ0n) is 25.2. The largest absolute Gasteiger partial charge is 0.490 e. The lowest BCUT2D eigenvalue weighted by molar-refractivity contribution is 0.0917. The molecule has 4 aromatic rings. The first-order valence-corrected chi connectivity index (χ1v) is 16.1. The van der Waals surface area contributed by atoms with Crippen molar-refractivity contribution in [2.24, 2.45) is 5.92 Å². The highest BCUT2D eigenvalue weighted by Gasteiger charge is 2.25. The number of hydrogen-bond acceptors (Lipinski definition) is 4. The lowest BCUT2D eigenvalue weighted by atomic mass is 9.89. The second-order valence-electron chi connectivity index (χ2n) is 12.4. The molecule has 6 rings (SSSR count). The fourth-order valence-electron chi connectivity index (χ4n) is 6.75. The standard InChI is InChI=1S/C39H44N2O2/c42-39(27-31-19-23-40(24-20-31)29-32-11-4-1-5-12-32)35-17-10-18-37(28-35)43-36-21-25-41(26-22-36)30-38(33-13-6-2-7-14-33)34-15-8-3-9-16-34/h1-18,28,31,36,38H,19-27,29-30H2. The fraction of sp³-hybridized carbons (Fsp3) is 0.359. The number of rotatable bonds is 11. The van der Waals surface area contributed by atoms with Gasteiger partial charge in [0.25, 0.3) is 0 Å². The van der Waals surface area contributed by atoms with E-state index in [-0.39, 0.29) is 11.9 Å². The van der Waals surface area contributed by atoms with Crippen LogP contribution < -0.4 is 4.74 Å². The second kappa shape index (κ2) is 14.6. The number of carbonyl (C=O) groups excluding carboxylic acids is 1. The van der Waals surface area contributed by atoms with E-state index < -0.39 is 0 Å². The van der Waals surface area contributed by atoms with Crippen LogP contribution in [-0.2, 0) is 6.54 Å². The molecule has 0 atom stereocenters. The summed E-state index contributed by atoms with van der Waals surface area (Å²) in [4.78, 5) is 18.3. The van der Waals surface area contributed by atoms with Crippen LogP contribution in [-0.4, -0.2) is 54.4 Å². The van der Waals surface area contributed by atoms with Crippen molar-refractivity contribution in [2.75, 3.05) is 32.7 Å². The summed E-state index contributed by atoms with van der Waals surface area (Å²) in [7, 11) is 0. The number of nitrogens with zero attached hydrogens (tertiary/aromatic N) is 2. The summed E-state index contributed by atoms with van der Waals surface area (Å²) < 4.78 is 6.44. The van der Waals surface area contributed by atoms with Gasteiger partial charge in [0, 0.05) is 44.1 Å². The Kier molecular flexibility index (Phi) is 9.99. The molecule has 0 aliphatic carbocycles. The number of ether oxygens (including phenoxy) is 1. The summed E-state index contributed by atoms with van der Waals surface area (Å²) in [5.74, 6) is 1.89. The van der Waals surface area contributed by atoms with Crippen LogP contribution in [0.5, 0.6) is 5.75 Å². The van der Waals surface area contributed by atoms with Crippen molar-refractivity contribution in [2.45, 2.75) is 50.7 Å². The molecule has 2 heterocycles. The van der Waals surface area contributed by atoms with Crippen LogP contribution in [0.1, 0.15) is 65.1 Å². The Morgan fingerprint density at radius 3 is 1.88 bits per heavy atom. The van der Waals surface area contributed by atoms with E-state index in [0.717, 1.165) is 76.3 Å². The van der Waals surface area contributed by atoms with E-state index in [2.05, 4.69) is 101 Å². The third-order valence-electron chi connectivity index (χ3n) is 9.27. The number of carbonyl (C=O) groups is 1. The van der Waals surface area contributed by atoms with E-state index in [9.17, 15) is 4.79 Å². The average Bonchev–Trinajstić information content (AvgIpc) is 3.07. The van der Waals surface area contributed by atoms with Crippen molar-refractivity contribution in [3.63, 3.8) is 0 Å². The summed E-state index contributed by atoms with van der Waals surface area (Å²) in [5.41, 5.74) is 4.89. The van der Waals surface area contributed by atoms with E-state index in [0.29, 0.717) is 18.3 Å². The number of piperidine rings is 2. The van der Waals surface area contributed by atoms with Gasteiger partial charge in [0.15, 0.2) is 5.78 Å². The van der Waals surface area contributed by atoms with Gasteiger partial charge in [0.2, 0.25) is 0 Å². The molecule has 0 aromatic heterocycles. The van der Waals surface area contributed by atoms with Crippen LogP contribution >= 0.6 is 0 Å². The van der Waals surface area contributed by atoms with Crippen LogP contribution in [0.2, 0.25) is 0 Å². The summed E-state index contributed by atoms with van der Waals surface area (Å²) in [6, 6.07) is 40.3. The van der Waals surface area contributed by atoms with Crippen molar-refractivity contribution in [3.8, 4) is 5.75 Å². The molecule has 2 fully saturated rings. The molecule has 2 aliphatic heterocycles. The maximum atomic E-state index is 13.2. The molecule has 43 heavy (non-hydrogen) atoms. The number of likely N-dealkylation sites (tertiary alicyclic amines) is 2. The molecule has 4 heteroatoms. The third kappa shape index (κ3) is 8.22. The summed E-state index contributed by atoms with van der Waals surface area (Å²) in [5, 5.41) is 0. The molecule has 0 saturated carbocycles. The van der Waals surface area contributed by atoms with Crippen LogP contribution in [0.4, 0.5) is 0 Å². The highest BCUT2D eigenvalue weighted by Crippen LogP contribution is 2.29. The Bertz CT molecular complexity index is 1370. The van der Waals surface area contributed by atoms with Crippen LogP contribution in [0.15, 0.2) is 115 Å². The van der Waals surface area contributed by atoms with Crippen LogP contribution in [0, 0.1) is 5.92 Å². The molecule has 0 N–H and O–H groups in total. The molecule has 4 aromatic carbocycles. The zero-order valence-corrected chi connectivity index (χ0v) is 25.2. The molecule has 0 unspecified atom stereocenters. The molecule has 0 bridgehead atoms. The van der Waals surface area contributed by atoms with E-state index >= 15 is 0 Å². The van der Waals surface area contributed by atoms with Gasteiger partial charge in [-0.25, -0.2) is 0 Å². The van der Waals surface area contributed by atoms with E-state index in [4.69, 9.17) is 4.74 Å². The monoisotopic (exact) mass is 572 g/mol. The maximum absolute atomic E-state index is 13.2. The topological polar surface area (TPSA) is 32.8 Å². The number of Topliss-reactive ketones (excluding diaryl/α,β-unsaturated/α-hetero) is 1. The van der Waals surface area contributed by atoms with E-state index in [1.807, 2.05) is 24.3 Å². The fourth-order valence-corrected chi connectivity index (χ4v) is 6.75. The van der Waals surface area contributed by atoms with Gasteiger partial charge in [0.05, 0.1) is 0 Å². The van der Waals surface area contributed by atoms with E-state index in [1.165, 1.54) is 16.7 Å². The molecule has 4 nitrogen and oxygen atoms in total. The van der Waals surface area contributed by atoms with Crippen LogP contribution in [0.25, 0.3) is 0 Å². The predicted octanol–water partition coefficient (Wildman–Crippen LogP) is 7.85. The van der Waals surface area contributed by atoms with Crippen molar-refractivity contribution in [1.82, 2.24) is 9.80 Å². The normalized spacial score (nSPS) is 17.2. The molecule has 0 radical (unpaired) electrons. The Hall–Kier alpha value is -3.73. The van der Waals surface area contributed by atoms with Crippen molar-refractivity contribution >= 4 is 5.78 Å². The number of benzene rings is 4. The highest BCUT2D eigenvalue weighted by molar-refractivity contribution is 5.96. The number of ketones is 1. The first-order valence-electron chi connectivity index (χ1n) is 16.1. The van der Waals surface area contributed by atoms with Crippen LogP contribution in [0.3, 0.4) is 0 Å². The van der Waals surface area contributed by atoms with Gasteiger partial charge in [-0.3, -0.25) is 9.69 Å². The smallest absolute Gasteiger partial charge is 0.163 e. The molecule has 0 spiro atoms. The third-order valence-corrected chi connectivity index (χ3v) is 9.27. The summed E-state index contributed by atoms with van der Waals surface area (Å²) in [6.07, 6.45) is 4.98. The Balaban J connectivity index is 0.974. The first-order chi connectivity index (χ1) is 21.2. The van der Waals surface area contributed by atoms with Crippen molar-refractivity contribution < 1.29 is 9.53 Å². The quantitative estimate of drug-likeness (QED) is 0.171. The average molecular weight is 573 g/mol. The first kappa shape index (κ1) is 29.3. The summed E-state index contributed by atoms with van der Waals surface area (Å²) >= 11 is 0. The zero-order chi connectivity index (χ0) is 29.3. The molecule has 222 valence electrons. The van der Waals surface area contributed by atoms with Gasteiger partial charge in [0.1, 0.15) is 11.9 Å².